The topological polar surface area (TPSA) is 63.7 Å². The lowest BCUT2D eigenvalue weighted by molar-refractivity contribution is -0.145. The summed E-state index contributed by atoms with van der Waals surface area (Å²) in [5, 5.41) is -0.632. The summed E-state index contributed by atoms with van der Waals surface area (Å²) in [6, 6.07) is 0. The molecule has 0 aromatic heterocycles. The molecule has 0 heterocycles. The minimum atomic E-state index is -3.44. The molecule has 1 rings (SSSR count). The molecule has 2 unspecified atom stereocenters. The number of nitrogens with zero attached hydrogens (tertiary/aromatic N) is 1. The molecule has 0 amide bonds. The fourth-order valence-corrected chi connectivity index (χ4v) is 4.85. The van der Waals surface area contributed by atoms with E-state index in [9.17, 15) is 13.2 Å². The quantitative estimate of drug-likeness (QED) is 0.739. The second kappa shape index (κ2) is 5.79. The molecular weight excluding hydrogens is 266 g/mol. The molecule has 0 N–H and O–H groups in total. The predicted octanol–water partition coefficient (Wildman–Crippen LogP) is 1.64. The minimum absolute atomic E-state index is 0.110. The van der Waals surface area contributed by atoms with Crippen molar-refractivity contribution >= 4 is 16.0 Å². The molecular formula is C13H25NO4S. The molecule has 0 bridgehead atoms. The maximum Gasteiger partial charge on any atom is 0.310 e. The van der Waals surface area contributed by atoms with Crippen LogP contribution in [0.3, 0.4) is 0 Å². The van der Waals surface area contributed by atoms with Gasteiger partial charge < -0.3 is 4.74 Å². The minimum Gasteiger partial charge on any atom is -0.469 e. The molecule has 2 atom stereocenters. The monoisotopic (exact) mass is 291 g/mol. The van der Waals surface area contributed by atoms with Crippen LogP contribution in [0.1, 0.15) is 40.0 Å². The molecule has 5 nitrogen and oxygen atoms in total. The van der Waals surface area contributed by atoms with E-state index in [4.69, 9.17) is 4.74 Å². The Bertz CT molecular complexity index is 424. The molecule has 1 saturated carbocycles. The highest BCUT2D eigenvalue weighted by atomic mass is 32.2. The Morgan fingerprint density at radius 3 is 2.37 bits per heavy atom. The van der Waals surface area contributed by atoms with Crippen molar-refractivity contribution in [2.45, 2.75) is 45.3 Å². The van der Waals surface area contributed by atoms with Crippen LogP contribution in [0, 0.1) is 11.3 Å². The fourth-order valence-electron chi connectivity index (χ4n) is 2.69. The summed E-state index contributed by atoms with van der Waals surface area (Å²) in [7, 11) is -0.544. The van der Waals surface area contributed by atoms with Crippen molar-refractivity contribution in [2.24, 2.45) is 11.3 Å². The second-order valence-corrected chi connectivity index (χ2v) is 8.72. The molecule has 0 aliphatic heterocycles. The van der Waals surface area contributed by atoms with E-state index in [2.05, 4.69) is 0 Å². The second-order valence-electron chi connectivity index (χ2n) is 6.46. The van der Waals surface area contributed by atoms with Crippen LogP contribution in [0.15, 0.2) is 0 Å². The van der Waals surface area contributed by atoms with Crippen molar-refractivity contribution < 1.29 is 17.9 Å². The smallest absolute Gasteiger partial charge is 0.310 e. The van der Waals surface area contributed by atoms with Crippen molar-refractivity contribution in [1.82, 2.24) is 4.31 Å². The van der Waals surface area contributed by atoms with Crippen LogP contribution in [0.2, 0.25) is 0 Å². The lowest BCUT2D eigenvalue weighted by Crippen LogP contribution is -2.43. The lowest BCUT2D eigenvalue weighted by atomic mass is 9.97. The zero-order chi connectivity index (χ0) is 14.8. The number of sulfonamides is 1. The number of rotatable bonds is 4. The number of hydrogen-bond acceptors (Lipinski definition) is 4. The Kier molecular flexibility index (Phi) is 5.01. The highest BCUT2D eigenvalue weighted by Crippen LogP contribution is 2.34. The van der Waals surface area contributed by atoms with Gasteiger partial charge in [0.2, 0.25) is 10.0 Å². The first-order valence-corrected chi connectivity index (χ1v) is 8.13. The number of ether oxygens (including phenoxy) is 1. The summed E-state index contributed by atoms with van der Waals surface area (Å²) in [6.45, 7) is 6.42. The average molecular weight is 291 g/mol. The van der Waals surface area contributed by atoms with Gasteiger partial charge in [-0.2, -0.15) is 0 Å². The van der Waals surface area contributed by atoms with Gasteiger partial charge in [0.25, 0.3) is 0 Å². The van der Waals surface area contributed by atoms with Gasteiger partial charge in [0.05, 0.1) is 18.3 Å². The average Bonchev–Trinajstić information content (AvgIpc) is 2.74. The van der Waals surface area contributed by atoms with Gasteiger partial charge in [-0.25, -0.2) is 12.7 Å². The van der Waals surface area contributed by atoms with E-state index < -0.39 is 27.2 Å². The third kappa shape index (κ3) is 3.92. The van der Waals surface area contributed by atoms with E-state index in [1.165, 1.54) is 11.4 Å². The highest BCUT2D eigenvalue weighted by Gasteiger charge is 2.44. The van der Waals surface area contributed by atoms with Crippen LogP contribution in [0.5, 0.6) is 0 Å². The normalized spacial score (nSPS) is 24.7. The van der Waals surface area contributed by atoms with Gasteiger partial charge in [0, 0.05) is 13.6 Å². The van der Waals surface area contributed by atoms with E-state index in [1.54, 1.807) is 7.05 Å². The third-order valence-corrected chi connectivity index (χ3v) is 5.80. The van der Waals surface area contributed by atoms with E-state index in [0.29, 0.717) is 19.4 Å². The van der Waals surface area contributed by atoms with Crippen molar-refractivity contribution in [2.75, 3.05) is 20.7 Å². The Hall–Kier alpha value is -0.620. The largest absolute Gasteiger partial charge is 0.469 e. The Morgan fingerprint density at radius 1 is 1.32 bits per heavy atom. The van der Waals surface area contributed by atoms with Crippen LogP contribution in [-0.4, -0.2) is 44.6 Å². The van der Waals surface area contributed by atoms with Gasteiger partial charge in [-0.05, 0) is 18.3 Å². The molecule has 6 heteroatoms. The number of methoxy groups -OCH3 is 1. The Balaban J connectivity index is 2.90. The van der Waals surface area contributed by atoms with Crippen molar-refractivity contribution in [3.8, 4) is 0 Å². The van der Waals surface area contributed by atoms with Crippen LogP contribution >= 0.6 is 0 Å². The summed E-state index contributed by atoms with van der Waals surface area (Å²) < 4.78 is 31.2. The summed E-state index contributed by atoms with van der Waals surface area (Å²) >= 11 is 0. The van der Waals surface area contributed by atoms with Crippen LogP contribution in [-0.2, 0) is 19.6 Å². The van der Waals surface area contributed by atoms with Gasteiger partial charge in [0.1, 0.15) is 0 Å². The molecule has 0 aromatic carbocycles. The molecule has 0 saturated heterocycles. The maximum absolute atomic E-state index is 12.6. The number of hydrogen-bond donors (Lipinski definition) is 0. The van der Waals surface area contributed by atoms with Crippen molar-refractivity contribution in [3.05, 3.63) is 0 Å². The van der Waals surface area contributed by atoms with Gasteiger partial charge >= 0.3 is 5.97 Å². The zero-order valence-corrected chi connectivity index (χ0v) is 13.3. The van der Waals surface area contributed by atoms with Crippen molar-refractivity contribution in [3.63, 3.8) is 0 Å². The van der Waals surface area contributed by atoms with Gasteiger partial charge in [-0.15, -0.1) is 0 Å². The van der Waals surface area contributed by atoms with E-state index in [0.717, 1.165) is 6.42 Å². The summed E-state index contributed by atoms with van der Waals surface area (Å²) in [5.41, 5.74) is -0.110. The lowest BCUT2D eigenvalue weighted by Gasteiger charge is -2.29. The van der Waals surface area contributed by atoms with Crippen molar-refractivity contribution in [1.29, 1.82) is 0 Å². The number of carbonyl (C=O) groups is 1. The first-order valence-electron chi connectivity index (χ1n) is 6.62. The van der Waals surface area contributed by atoms with Gasteiger partial charge in [-0.3, -0.25) is 4.79 Å². The van der Waals surface area contributed by atoms with Gasteiger partial charge in [-0.1, -0.05) is 27.2 Å². The molecule has 0 aromatic rings. The van der Waals surface area contributed by atoms with Crippen LogP contribution < -0.4 is 0 Å². The summed E-state index contributed by atoms with van der Waals surface area (Å²) in [6.07, 6.45) is 1.89. The third-order valence-electron chi connectivity index (χ3n) is 3.47. The molecule has 19 heavy (non-hydrogen) atoms. The Morgan fingerprint density at radius 2 is 1.89 bits per heavy atom. The Labute approximate surface area is 116 Å². The highest BCUT2D eigenvalue weighted by molar-refractivity contribution is 7.89. The summed E-state index contributed by atoms with van der Waals surface area (Å²) in [4.78, 5) is 11.7. The number of esters is 1. The predicted molar refractivity (Wildman–Crippen MR) is 74.1 cm³/mol. The first-order chi connectivity index (χ1) is 8.59. The summed E-state index contributed by atoms with van der Waals surface area (Å²) in [5.74, 6) is -0.923. The standard InChI is InChI=1S/C13H25NO4S/c1-13(2,3)9-14(4)19(16,17)11-8-6-7-10(11)12(15)18-5/h10-11H,6-9H2,1-5H3. The van der Waals surface area contributed by atoms with E-state index in [-0.39, 0.29) is 5.41 Å². The van der Waals surface area contributed by atoms with E-state index in [1.807, 2.05) is 20.8 Å². The zero-order valence-electron chi connectivity index (χ0n) is 12.5. The number of carbonyl (C=O) groups excluding carboxylic acids is 1. The van der Waals surface area contributed by atoms with Crippen LogP contribution in [0.4, 0.5) is 0 Å². The molecule has 0 spiro atoms. The maximum atomic E-state index is 12.6. The molecule has 1 fully saturated rings. The van der Waals surface area contributed by atoms with E-state index >= 15 is 0 Å². The SMILES string of the molecule is COC(=O)C1CCCC1S(=O)(=O)N(C)CC(C)(C)C. The molecule has 1 aliphatic carbocycles. The first kappa shape index (κ1) is 16.4. The fraction of sp³-hybridized carbons (Fsp3) is 0.923. The van der Waals surface area contributed by atoms with Gasteiger partial charge in [0.15, 0.2) is 0 Å². The molecule has 0 radical (unpaired) electrons. The molecule has 112 valence electrons. The van der Waals surface area contributed by atoms with Crippen LogP contribution in [0.25, 0.3) is 0 Å². The molecule has 1 aliphatic rings.